The lowest BCUT2D eigenvalue weighted by Crippen LogP contribution is -2.39. The van der Waals surface area contributed by atoms with Crippen LogP contribution in [0, 0.1) is 0 Å². The van der Waals surface area contributed by atoms with Crippen LogP contribution < -0.4 is 5.32 Å². The van der Waals surface area contributed by atoms with Crippen molar-refractivity contribution < 1.29 is 9.84 Å². The molecule has 0 amide bonds. The SMILES string of the molecule is CCOC(C)(C)CNCC(O)c1cccs1. The van der Waals surface area contributed by atoms with Crippen LogP contribution in [0.1, 0.15) is 31.8 Å². The topological polar surface area (TPSA) is 41.5 Å². The smallest absolute Gasteiger partial charge is 0.101 e. The summed E-state index contributed by atoms with van der Waals surface area (Å²) in [5.74, 6) is 0. The molecule has 0 saturated heterocycles. The molecule has 0 fully saturated rings. The maximum atomic E-state index is 9.84. The molecule has 16 heavy (non-hydrogen) atoms. The van der Waals surface area contributed by atoms with Crippen molar-refractivity contribution in [3.05, 3.63) is 22.4 Å². The van der Waals surface area contributed by atoms with E-state index in [0.717, 1.165) is 11.4 Å². The second kappa shape index (κ2) is 6.35. The van der Waals surface area contributed by atoms with Crippen molar-refractivity contribution in [2.75, 3.05) is 19.7 Å². The van der Waals surface area contributed by atoms with Crippen LogP contribution in [0.15, 0.2) is 17.5 Å². The van der Waals surface area contributed by atoms with Crippen molar-refractivity contribution in [2.45, 2.75) is 32.5 Å². The fraction of sp³-hybridized carbons (Fsp3) is 0.667. The number of hydrogen-bond donors (Lipinski definition) is 2. The molecule has 0 bridgehead atoms. The monoisotopic (exact) mass is 243 g/mol. The van der Waals surface area contributed by atoms with Crippen LogP contribution in [0.2, 0.25) is 0 Å². The standard InChI is InChI=1S/C12H21NO2S/c1-4-15-12(2,3)9-13-8-10(14)11-6-5-7-16-11/h5-7,10,13-14H,4,8-9H2,1-3H3. The molecule has 0 aromatic carbocycles. The zero-order valence-electron chi connectivity index (χ0n) is 10.2. The van der Waals surface area contributed by atoms with E-state index in [4.69, 9.17) is 4.74 Å². The summed E-state index contributed by atoms with van der Waals surface area (Å²) >= 11 is 1.58. The molecule has 1 aromatic heterocycles. The van der Waals surface area contributed by atoms with Gasteiger partial charge in [0.25, 0.3) is 0 Å². The molecule has 92 valence electrons. The summed E-state index contributed by atoms with van der Waals surface area (Å²) in [5, 5.41) is 15.0. The van der Waals surface area contributed by atoms with E-state index in [2.05, 4.69) is 5.32 Å². The van der Waals surface area contributed by atoms with Gasteiger partial charge in [-0.05, 0) is 32.2 Å². The van der Waals surface area contributed by atoms with Crippen LogP contribution in [0.25, 0.3) is 0 Å². The second-order valence-corrected chi connectivity index (χ2v) is 5.33. The Kier molecular flexibility index (Phi) is 5.41. The molecule has 1 rings (SSSR count). The van der Waals surface area contributed by atoms with Gasteiger partial charge in [-0.2, -0.15) is 0 Å². The van der Waals surface area contributed by atoms with Crippen LogP contribution in [-0.2, 0) is 4.74 Å². The summed E-state index contributed by atoms with van der Waals surface area (Å²) in [6, 6.07) is 3.90. The zero-order chi connectivity index (χ0) is 12.0. The molecule has 2 N–H and O–H groups in total. The average molecular weight is 243 g/mol. The summed E-state index contributed by atoms with van der Waals surface area (Å²) in [6.45, 7) is 8.09. The van der Waals surface area contributed by atoms with Crippen molar-refractivity contribution in [1.82, 2.24) is 5.32 Å². The van der Waals surface area contributed by atoms with Gasteiger partial charge in [-0.15, -0.1) is 11.3 Å². The number of nitrogens with one attached hydrogen (secondary N) is 1. The van der Waals surface area contributed by atoms with Gasteiger partial charge in [0.1, 0.15) is 6.10 Å². The molecule has 0 aliphatic carbocycles. The number of aliphatic hydroxyl groups excluding tert-OH is 1. The van der Waals surface area contributed by atoms with Gasteiger partial charge in [0, 0.05) is 24.6 Å². The predicted molar refractivity (Wildman–Crippen MR) is 67.9 cm³/mol. The highest BCUT2D eigenvalue weighted by atomic mass is 32.1. The normalized spacial score (nSPS) is 14.0. The Labute approximate surface area is 101 Å². The molecule has 1 aromatic rings. The zero-order valence-corrected chi connectivity index (χ0v) is 11.0. The molecule has 0 aliphatic heterocycles. The summed E-state index contributed by atoms with van der Waals surface area (Å²) in [6.07, 6.45) is -0.419. The molecule has 1 heterocycles. The minimum atomic E-state index is -0.419. The van der Waals surface area contributed by atoms with Gasteiger partial charge in [0.05, 0.1) is 5.60 Å². The number of ether oxygens (including phenoxy) is 1. The first-order valence-corrected chi connectivity index (χ1v) is 6.49. The van der Waals surface area contributed by atoms with Crippen molar-refractivity contribution >= 4 is 11.3 Å². The second-order valence-electron chi connectivity index (χ2n) is 4.35. The minimum Gasteiger partial charge on any atom is -0.386 e. The third kappa shape index (κ3) is 4.61. The maximum absolute atomic E-state index is 9.84. The van der Waals surface area contributed by atoms with Crippen molar-refractivity contribution in [3.63, 3.8) is 0 Å². The Morgan fingerprint density at radius 1 is 1.56 bits per heavy atom. The molecule has 0 radical (unpaired) electrons. The fourth-order valence-corrected chi connectivity index (χ4v) is 2.24. The van der Waals surface area contributed by atoms with Crippen LogP contribution in [0.5, 0.6) is 0 Å². The molecular formula is C12H21NO2S. The van der Waals surface area contributed by atoms with Gasteiger partial charge in [0.2, 0.25) is 0 Å². The van der Waals surface area contributed by atoms with E-state index in [9.17, 15) is 5.11 Å². The molecule has 1 unspecified atom stereocenters. The Bertz CT molecular complexity index is 285. The van der Waals surface area contributed by atoms with Gasteiger partial charge in [0.15, 0.2) is 0 Å². The lowest BCUT2D eigenvalue weighted by molar-refractivity contribution is -0.0104. The van der Waals surface area contributed by atoms with Gasteiger partial charge < -0.3 is 15.2 Å². The highest BCUT2D eigenvalue weighted by Gasteiger charge is 2.17. The van der Waals surface area contributed by atoms with Crippen LogP contribution >= 0.6 is 11.3 Å². The van der Waals surface area contributed by atoms with Crippen molar-refractivity contribution in [2.24, 2.45) is 0 Å². The van der Waals surface area contributed by atoms with E-state index < -0.39 is 6.10 Å². The van der Waals surface area contributed by atoms with Crippen LogP contribution in [0.3, 0.4) is 0 Å². The van der Waals surface area contributed by atoms with E-state index >= 15 is 0 Å². The fourth-order valence-electron chi connectivity index (χ4n) is 1.53. The first-order valence-electron chi connectivity index (χ1n) is 5.61. The lowest BCUT2D eigenvalue weighted by atomic mass is 10.1. The Morgan fingerprint density at radius 3 is 2.88 bits per heavy atom. The van der Waals surface area contributed by atoms with Gasteiger partial charge in [-0.1, -0.05) is 6.07 Å². The minimum absolute atomic E-state index is 0.177. The first-order chi connectivity index (χ1) is 7.55. The molecule has 0 aliphatic rings. The maximum Gasteiger partial charge on any atom is 0.101 e. The summed E-state index contributed by atoms with van der Waals surface area (Å²) in [5.41, 5.74) is -0.177. The number of rotatable bonds is 7. The third-order valence-electron chi connectivity index (χ3n) is 2.30. The quantitative estimate of drug-likeness (QED) is 0.771. The van der Waals surface area contributed by atoms with Crippen molar-refractivity contribution in [3.8, 4) is 0 Å². The molecule has 4 heteroatoms. The molecule has 0 spiro atoms. The van der Waals surface area contributed by atoms with Crippen molar-refractivity contribution in [1.29, 1.82) is 0 Å². The van der Waals surface area contributed by atoms with E-state index in [1.54, 1.807) is 11.3 Å². The first kappa shape index (κ1) is 13.6. The predicted octanol–water partition coefficient (Wildman–Crippen LogP) is 2.19. The molecule has 1 atom stereocenters. The van der Waals surface area contributed by atoms with Gasteiger partial charge >= 0.3 is 0 Å². The van der Waals surface area contributed by atoms with E-state index in [0.29, 0.717) is 13.2 Å². The van der Waals surface area contributed by atoms with E-state index in [-0.39, 0.29) is 5.60 Å². The summed E-state index contributed by atoms with van der Waals surface area (Å²) < 4.78 is 5.56. The van der Waals surface area contributed by atoms with Crippen LogP contribution in [-0.4, -0.2) is 30.4 Å². The average Bonchev–Trinajstić information content (AvgIpc) is 2.69. The van der Waals surface area contributed by atoms with Crippen LogP contribution in [0.4, 0.5) is 0 Å². The summed E-state index contributed by atoms with van der Waals surface area (Å²) in [7, 11) is 0. The van der Waals surface area contributed by atoms with E-state index in [1.165, 1.54) is 0 Å². The largest absolute Gasteiger partial charge is 0.386 e. The summed E-state index contributed by atoms with van der Waals surface area (Å²) in [4.78, 5) is 1.00. The van der Waals surface area contributed by atoms with Gasteiger partial charge in [-0.3, -0.25) is 0 Å². The lowest BCUT2D eigenvalue weighted by Gasteiger charge is -2.25. The highest BCUT2D eigenvalue weighted by molar-refractivity contribution is 7.10. The Balaban J connectivity index is 2.25. The van der Waals surface area contributed by atoms with Gasteiger partial charge in [-0.25, -0.2) is 0 Å². The number of hydrogen-bond acceptors (Lipinski definition) is 4. The third-order valence-corrected chi connectivity index (χ3v) is 3.27. The molecular weight excluding hydrogens is 222 g/mol. The molecule has 3 nitrogen and oxygen atoms in total. The number of thiophene rings is 1. The number of aliphatic hydroxyl groups is 1. The Hall–Kier alpha value is -0.420. The molecule has 0 saturated carbocycles. The van der Waals surface area contributed by atoms with E-state index in [1.807, 2.05) is 38.3 Å². The Morgan fingerprint density at radius 2 is 2.31 bits per heavy atom. The highest BCUT2D eigenvalue weighted by Crippen LogP contribution is 2.18.